The number of hydrogen-bond donors (Lipinski definition) is 0. The third kappa shape index (κ3) is 1.50. The average molecular weight is 254 g/mol. The Morgan fingerprint density at radius 2 is 1.74 bits per heavy atom. The van der Waals surface area contributed by atoms with Crippen molar-refractivity contribution in [2.75, 3.05) is 0 Å². The molecule has 0 saturated heterocycles. The van der Waals surface area contributed by atoms with Crippen LogP contribution in [0.1, 0.15) is 68.4 Å². The lowest BCUT2D eigenvalue weighted by atomic mass is 9.51. The van der Waals surface area contributed by atoms with E-state index in [0.717, 1.165) is 12.8 Å². The second-order valence-electron chi connectivity index (χ2n) is 6.74. The van der Waals surface area contributed by atoms with Gasteiger partial charge in [-0.15, -0.1) is 0 Å². The fraction of sp³-hybridized carbons (Fsp3) is 0.611. The molecule has 1 heteroatoms. The lowest BCUT2D eigenvalue weighted by Gasteiger charge is -2.51. The minimum atomic E-state index is 0.211. The van der Waals surface area contributed by atoms with Gasteiger partial charge in [-0.2, -0.15) is 0 Å². The highest BCUT2D eigenvalue weighted by atomic mass is 16.1. The molecule has 4 rings (SSSR count). The molecule has 2 saturated carbocycles. The van der Waals surface area contributed by atoms with E-state index in [-0.39, 0.29) is 11.3 Å². The van der Waals surface area contributed by atoms with Crippen LogP contribution in [0.25, 0.3) is 0 Å². The maximum atomic E-state index is 12.8. The van der Waals surface area contributed by atoms with E-state index < -0.39 is 0 Å². The lowest BCUT2D eigenvalue weighted by molar-refractivity contribution is -0.131. The Labute approximate surface area is 115 Å². The maximum absolute atomic E-state index is 12.8. The van der Waals surface area contributed by atoms with Crippen molar-refractivity contribution in [2.24, 2.45) is 5.92 Å². The molecule has 0 aromatic heterocycles. The van der Waals surface area contributed by atoms with Crippen LogP contribution in [0.5, 0.6) is 0 Å². The molecule has 2 fully saturated rings. The third-order valence-electron chi connectivity index (χ3n) is 5.96. The molecule has 2 atom stereocenters. The Bertz CT molecular complexity index is 510. The van der Waals surface area contributed by atoms with Crippen molar-refractivity contribution in [1.29, 1.82) is 0 Å². The number of benzene rings is 1. The summed E-state index contributed by atoms with van der Waals surface area (Å²) in [5, 5.41) is 0. The Balaban J connectivity index is 1.93. The average Bonchev–Trinajstić information content (AvgIpc) is 2.47. The summed E-state index contributed by atoms with van der Waals surface area (Å²) in [6, 6.07) is 8.87. The van der Waals surface area contributed by atoms with E-state index in [1.165, 1.54) is 44.1 Å². The Hall–Kier alpha value is -1.11. The van der Waals surface area contributed by atoms with Gasteiger partial charge in [0.05, 0.1) is 0 Å². The predicted molar refractivity (Wildman–Crippen MR) is 76.3 cm³/mol. The summed E-state index contributed by atoms with van der Waals surface area (Å²) in [4.78, 5) is 12.8. The van der Waals surface area contributed by atoms with Crippen LogP contribution in [0, 0.1) is 5.92 Å². The first-order valence-electron chi connectivity index (χ1n) is 7.96. The van der Waals surface area contributed by atoms with E-state index in [1.54, 1.807) is 5.56 Å². The van der Waals surface area contributed by atoms with E-state index in [9.17, 15) is 4.79 Å². The highest BCUT2D eigenvalue weighted by molar-refractivity contribution is 5.92. The first-order valence-corrected chi connectivity index (χ1v) is 7.96. The molecule has 0 N–H and O–H groups in total. The Morgan fingerprint density at radius 3 is 2.58 bits per heavy atom. The highest BCUT2D eigenvalue weighted by Crippen LogP contribution is 2.56. The predicted octanol–water partition coefficient (Wildman–Crippen LogP) is 4.35. The van der Waals surface area contributed by atoms with E-state index in [1.807, 2.05) is 0 Å². The molecule has 1 nitrogen and oxygen atoms in total. The zero-order chi connectivity index (χ0) is 12.9. The summed E-state index contributed by atoms with van der Waals surface area (Å²) in [5.41, 5.74) is 3.14. The fourth-order valence-electron chi connectivity index (χ4n) is 5.15. The van der Waals surface area contributed by atoms with Gasteiger partial charge in [-0.25, -0.2) is 0 Å². The summed E-state index contributed by atoms with van der Waals surface area (Å²) in [7, 11) is 0. The second-order valence-corrected chi connectivity index (χ2v) is 6.74. The van der Waals surface area contributed by atoms with Gasteiger partial charge < -0.3 is 0 Å². The number of rotatable bonds is 0. The highest BCUT2D eigenvalue weighted by Gasteiger charge is 2.52. The van der Waals surface area contributed by atoms with Crippen molar-refractivity contribution in [1.82, 2.24) is 0 Å². The largest absolute Gasteiger partial charge is 0.299 e. The molecule has 0 aliphatic heterocycles. The molecule has 100 valence electrons. The van der Waals surface area contributed by atoms with Crippen LogP contribution in [0.2, 0.25) is 0 Å². The first-order chi connectivity index (χ1) is 9.33. The normalized spacial score (nSPS) is 32.1. The second kappa shape index (κ2) is 4.19. The molecule has 0 radical (unpaired) electrons. The van der Waals surface area contributed by atoms with Crippen LogP contribution in [0.3, 0.4) is 0 Å². The zero-order valence-corrected chi connectivity index (χ0v) is 11.5. The number of Topliss-reactive ketones (excluding diaryl/α,β-unsaturated/α-hetero) is 1. The van der Waals surface area contributed by atoms with Crippen LogP contribution in [0.4, 0.5) is 0 Å². The van der Waals surface area contributed by atoms with Gasteiger partial charge in [0, 0.05) is 17.3 Å². The molecular formula is C18H22O. The molecule has 1 aromatic carbocycles. The van der Waals surface area contributed by atoms with Crippen LogP contribution in [-0.4, -0.2) is 5.78 Å². The molecule has 2 unspecified atom stereocenters. The molecule has 0 heterocycles. The lowest BCUT2D eigenvalue weighted by Crippen LogP contribution is -2.49. The first kappa shape index (κ1) is 11.7. The number of hydrogen-bond acceptors (Lipinski definition) is 1. The topological polar surface area (TPSA) is 17.1 Å². The maximum Gasteiger partial charge on any atom is 0.144 e. The van der Waals surface area contributed by atoms with E-state index in [2.05, 4.69) is 24.3 Å². The van der Waals surface area contributed by atoms with Gasteiger partial charge >= 0.3 is 0 Å². The SMILES string of the molecule is O=C1C2CCCC1C1(CCCCC1)c1ccccc12. The quantitative estimate of drug-likeness (QED) is 0.672. The van der Waals surface area contributed by atoms with Crippen LogP contribution in [-0.2, 0) is 10.2 Å². The van der Waals surface area contributed by atoms with Gasteiger partial charge in [-0.1, -0.05) is 49.9 Å². The van der Waals surface area contributed by atoms with Gasteiger partial charge in [0.2, 0.25) is 0 Å². The summed E-state index contributed by atoms with van der Waals surface area (Å²) in [6.07, 6.45) is 9.93. The number of carbonyl (C=O) groups is 1. The van der Waals surface area contributed by atoms with Crippen molar-refractivity contribution < 1.29 is 4.79 Å². The molecular weight excluding hydrogens is 232 g/mol. The zero-order valence-electron chi connectivity index (χ0n) is 11.5. The van der Waals surface area contributed by atoms with E-state index in [0.29, 0.717) is 11.7 Å². The molecule has 1 aromatic rings. The number of ketones is 1. The van der Waals surface area contributed by atoms with E-state index >= 15 is 0 Å². The molecule has 1 spiro atoms. The molecule has 3 aliphatic carbocycles. The molecule has 0 amide bonds. The third-order valence-corrected chi connectivity index (χ3v) is 5.96. The van der Waals surface area contributed by atoms with Gasteiger partial charge in [0.25, 0.3) is 0 Å². The van der Waals surface area contributed by atoms with Crippen molar-refractivity contribution in [3.8, 4) is 0 Å². The van der Waals surface area contributed by atoms with Gasteiger partial charge in [-0.05, 0) is 36.8 Å². The summed E-state index contributed by atoms with van der Waals surface area (Å²) < 4.78 is 0. The Kier molecular flexibility index (Phi) is 2.58. The monoisotopic (exact) mass is 254 g/mol. The van der Waals surface area contributed by atoms with E-state index in [4.69, 9.17) is 0 Å². The van der Waals surface area contributed by atoms with Crippen molar-refractivity contribution in [3.05, 3.63) is 35.4 Å². The van der Waals surface area contributed by atoms with Crippen molar-refractivity contribution >= 4 is 5.78 Å². The van der Waals surface area contributed by atoms with Crippen LogP contribution in [0.15, 0.2) is 24.3 Å². The van der Waals surface area contributed by atoms with Crippen LogP contribution < -0.4 is 0 Å². The smallest absolute Gasteiger partial charge is 0.144 e. The van der Waals surface area contributed by atoms with Crippen LogP contribution >= 0.6 is 0 Å². The standard InChI is InChI=1S/C18H22O/c19-17-14-8-6-10-16(17)18(11-4-1-5-12-18)15-9-3-2-7-13(14)15/h2-3,7,9,14,16H,1,4-6,8,10-12H2. The minimum absolute atomic E-state index is 0.211. The van der Waals surface area contributed by atoms with Crippen molar-refractivity contribution in [3.63, 3.8) is 0 Å². The Morgan fingerprint density at radius 1 is 0.947 bits per heavy atom. The molecule has 3 aliphatic rings. The molecule has 19 heavy (non-hydrogen) atoms. The number of fused-ring (bicyclic) bond motifs is 6. The summed E-state index contributed by atoms with van der Waals surface area (Å²) >= 11 is 0. The number of carbonyl (C=O) groups excluding carboxylic acids is 1. The van der Waals surface area contributed by atoms with Gasteiger partial charge in [0.15, 0.2) is 0 Å². The van der Waals surface area contributed by atoms with Gasteiger partial charge in [0.1, 0.15) is 5.78 Å². The van der Waals surface area contributed by atoms with Crippen molar-refractivity contribution in [2.45, 2.75) is 62.7 Å². The summed E-state index contributed by atoms with van der Waals surface area (Å²) in [5.74, 6) is 1.14. The minimum Gasteiger partial charge on any atom is -0.299 e. The van der Waals surface area contributed by atoms with Gasteiger partial charge in [-0.3, -0.25) is 4.79 Å². The summed E-state index contributed by atoms with van der Waals surface area (Å²) in [6.45, 7) is 0. The fourth-order valence-corrected chi connectivity index (χ4v) is 5.15. The molecule has 2 bridgehead atoms.